The number of ether oxygens (including phenoxy) is 2. The van der Waals surface area contributed by atoms with Gasteiger partial charge < -0.3 is 24.5 Å². The minimum Gasteiger partial charge on any atom is -0.497 e. The minimum absolute atomic E-state index is 0.113. The van der Waals surface area contributed by atoms with E-state index in [2.05, 4.69) is 10.6 Å². The number of nitrogens with one attached hydrogen (secondary N) is 2. The number of carbonyl (C=O) groups is 3. The van der Waals surface area contributed by atoms with Crippen LogP contribution in [0.5, 0.6) is 11.5 Å². The summed E-state index contributed by atoms with van der Waals surface area (Å²) in [6, 6.07) is 14.6. The van der Waals surface area contributed by atoms with Gasteiger partial charge in [-0.3, -0.25) is 14.4 Å². The Morgan fingerprint density at radius 1 is 1.03 bits per heavy atom. The molecule has 1 aliphatic heterocycles. The highest BCUT2D eigenvalue weighted by molar-refractivity contribution is 6.53. The molecular weight excluding hydrogens is 462 g/mol. The van der Waals surface area contributed by atoms with Crippen molar-refractivity contribution in [1.29, 1.82) is 0 Å². The lowest BCUT2D eigenvalue weighted by Crippen LogP contribution is -2.32. The second-order valence-electron chi connectivity index (χ2n) is 7.14. The fourth-order valence-corrected chi connectivity index (χ4v) is 3.58. The largest absolute Gasteiger partial charge is 0.497 e. The molecule has 2 aromatic carbocycles. The van der Waals surface area contributed by atoms with Crippen molar-refractivity contribution >= 4 is 40.7 Å². The summed E-state index contributed by atoms with van der Waals surface area (Å²) in [5.74, 6) is -0.320. The van der Waals surface area contributed by atoms with Gasteiger partial charge in [0.25, 0.3) is 17.7 Å². The lowest BCUT2D eigenvalue weighted by atomic mass is 10.2. The van der Waals surface area contributed by atoms with Crippen molar-refractivity contribution in [3.63, 3.8) is 0 Å². The summed E-state index contributed by atoms with van der Waals surface area (Å²) < 4.78 is 15.7. The second kappa shape index (κ2) is 9.72. The highest BCUT2D eigenvalue weighted by atomic mass is 35.5. The summed E-state index contributed by atoms with van der Waals surface area (Å²) in [6.07, 6.45) is 1.52. The van der Waals surface area contributed by atoms with Crippen LogP contribution in [-0.4, -0.2) is 31.9 Å². The van der Waals surface area contributed by atoms with Gasteiger partial charge in [-0.15, -0.1) is 0 Å². The molecular formula is C24H20ClN3O6. The topological polar surface area (TPSA) is 110 Å². The number of rotatable bonds is 8. The Balaban J connectivity index is 1.53. The van der Waals surface area contributed by atoms with Crippen LogP contribution in [0.1, 0.15) is 16.1 Å². The maximum absolute atomic E-state index is 13.1. The molecule has 2 N–H and O–H groups in total. The average Bonchev–Trinajstić information content (AvgIpc) is 3.45. The SMILES string of the molecule is COc1ccc(N2C(=O)C(Cl)=C(Nc3cccc(C(=O)NCc4ccco4)c3)C2=O)c(OC)c1. The first-order chi connectivity index (χ1) is 16.4. The molecule has 1 aromatic heterocycles. The van der Waals surface area contributed by atoms with E-state index in [0.29, 0.717) is 22.8 Å². The maximum atomic E-state index is 13.1. The van der Waals surface area contributed by atoms with Gasteiger partial charge in [0.2, 0.25) is 0 Å². The monoisotopic (exact) mass is 481 g/mol. The van der Waals surface area contributed by atoms with Gasteiger partial charge in [0, 0.05) is 17.3 Å². The van der Waals surface area contributed by atoms with Crippen LogP contribution in [0, 0.1) is 0 Å². The quantitative estimate of drug-likeness (QED) is 0.472. The van der Waals surface area contributed by atoms with Gasteiger partial charge >= 0.3 is 0 Å². The second-order valence-corrected chi connectivity index (χ2v) is 7.52. The van der Waals surface area contributed by atoms with Crippen LogP contribution in [0.2, 0.25) is 0 Å². The van der Waals surface area contributed by atoms with Crippen LogP contribution in [0.25, 0.3) is 0 Å². The van der Waals surface area contributed by atoms with Crippen LogP contribution in [0.15, 0.2) is 76.0 Å². The summed E-state index contributed by atoms with van der Waals surface area (Å²) in [5, 5.41) is 5.33. The van der Waals surface area contributed by atoms with Crippen molar-refractivity contribution < 1.29 is 28.3 Å². The first-order valence-corrected chi connectivity index (χ1v) is 10.5. The molecule has 0 saturated carbocycles. The Bertz CT molecular complexity index is 1290. The van der Waals surface area contributed by atoms with Gasteiger partial charge in [-0.25, -0.2) is 4.90 Å². The summed E-state index contributed by atoms with van der Waals surface area (Å²) in [4.78, 5) is 39.4. The van der Waals surface area contributed by atoms with E-state index in [1.165, 1.54) is 26.5 Å². The van der Waals surface area contributed by atoms with Crippen molar-refractivity contribution in [1.82, 2.24) is 5.32 Å². The molecule has 3 aromatic rings. The van der Waals surface area contributed by atoms with Crippen molar-refractivity contribution in [2.24, 2.45) is 0 Å². The van der Waals surface area contributed by atoms with E-state index in [1.54, 1.807) is 48.5 Å². The van der Waals surface area contributed by atoms with E-state index < -0.39 is 11.8 Å². The molecule has 0 unspecified atom stereocenters. The van der Waals surface area contributed by atoms with Crippen LogP contribution in [0.4, 0.5) is 11.4 Å². The molecule has 9 nitrogen and oxygen atoms in total. The summed E-state index contributed by atoms with van der Waals surface area (Å²) in [7, 11) is 2.91. The average molecular weight is 482 g/mol. The highest BCUT2D eigenvalue weighted by Gasteiger charge is 2.40. The predicted octanol–water partition coefficient (Wildman–Crippen LogP) is 3.66. The Hall–Kier alpha value is -4.24. The number of nitrogens with zero attached hydrogens (tertiary/aromatic N) is 1. The van der Waals surface area contributed by atoms with E-state index in [0.717, 1.165) is 4.90 Å². The summed E-state index contributed by atoms with van der Waals surface area (Å²) in [5.41, 5.74) is 0.860. The molecule has 0 saturated heterocycles. The van der Waals surface area contributed by atoms with Gasteiger partial charge in [0.1, 0.15) is 28.0 Å². The van der Waals surface area contributed by atoms with Crippen molar-refractivity contribution in [2.75, 3.05) is 24.4 Å². The zero-order valence-electron chi connectivity index (χ0n) is 18.3. The van der Waals surface area contributed by atoms with Gasteiger partial charge in [0.05, 0.1) is 32.7 Å². The third-order valence-electron chi connectivity index (χ3n) is 5.05. The van der Waals surface area contributed by atoms with E-state index in [-0.39, 0.29) is 34.6 Å². The molecule has 4 rings (SSSR count). The number of hydrogen-bond acceptors (Lipinski definition) is 7. The number of imide groups is 1. The van der Waals surface area contributed by atoms with E-state index >= 15 is 0 Å². The van der Waals surface area contributed by atoms with E-state index in [9.17, 15) is 14.4 Å². The Labute approximate surface area is 199 Å². The molecule has 2 heterocycles. The molecule has 10 heteroatoms. The number of carbonyl (C=O) groups excluding carboxylic acids is 3. The molecule has 1 aliphatic rings. The smallest absolute Gasteiger partial charge is 0.283 e. The lowest BCUT2D eigenvalue weighted by molar-refractivity contribution is -0.120. The van der Waals surface area contributed by atoms with Crippen molar-refractivity contribution in [3.05, 3.63) is 82.9 Å². The normalized spacial score (nSPS) is 13.3. The third-order valence-corrected chi connectivity index (χ3v) is 5.40. The summed E-state index contributed by atoms with van der Waals surface area (Å²) >= 11 is 6.23. The van der Waals surface area contributed by atoms with Gasteiger partial charge in [-0.05, 0) is 42.5 Å². The van der Waals surface area contributed by atoms with Crippen LogP contribution >= 0.6 is 11.6 Å². The summed E-state index contributed by atoms with van der Waals surface area (Å²) in [6.45, 7) is 0.228. The molecule has 0 bridgehead atoms. The molecule has 174 valence electrons. The number of furan rings is 1. The molecule has 3 amide bonds. The number of halogens is 1. The van der Waals surface area contributed by atoms with Crippen LogP contribution in [0.3, 0.4) is 0 Å². The fraction of sp³-hybridized carbons (Fsp3) is 0.125. The number of methoxy groups -OCH3 is 2. The standard InChI is InChI=1S/C24H20ClN3O6/c1-32-16-8-9-18(19(12-16)33-2)28-23(30)20(25)21(24(28)31)27-15-6-3-5-14(11-15)22(29)26-13-17-7-4-10-34-17/h3-12,27H,13H2,1-2H3,(H,26,29). The third kappa shape index (κ3) is 4.46. The highest BCUT2D eigenvalue weighted by Crippen LogP contribution is 2.37. The van der Waals surface area contributed by atoms with Crippen molar-refractivity contribution in [3.8, 4) is 11.5 Å². The minimum atomic E-state index is -0.704. The number of hydrogen-bond donors (Lipinski definition) is 2. The molecule has 0 radical (unpaired) electrons. The van der Waals surface area contributed by atoms with E-state index in [1.807, 2.05) is 0 Å². The van der Waals surface area contributed by atoms with Crippen LogP contribution < -0.4 is 25.0 Å². The number of benzene rings is 2. The first-order valence-electron chi connectivity index (χ1n) is 10.1. The number of amides is 3. The van der Waals surface area contributed by atoms with Gasteiger partial charge in [-0.2, -0.15) is 0 Å². The zero-order valence-corrected chi connectivity index (χ0v) is 19.0. The lowest BCUT2D eigenvalue weighted by Gasteiger charge is -2.18. The Morgan fingerprint density at radius 3 is 2.56 bits per heavy atom. The van der Waals surface area contributed by atoms with E-state index in [4.69, 9.17) is 25.5 Å². The molecule has 0 atom stereocenters. The molecule has 0 fully saturated rings. The Kier molecular flexibility index (Phi) is 6.55. The van der Waals surface area contributed by atoms with Gasteiger partial charge in [0.15, 0.2) is 0 Å². The van der Waals surface area contributed by atoms with Crippen molar-refractivity contribution in [2.45, 2.75) is 6.54 Å². The predicted molar refractivity (Wildman–Crippen MR) is 125 cm³/mol. The molecule has 0 spiro atoms. The fourth-order valence-electron chi connectivity index (χ4n) is 3.36. The Morgan fingerprint density at radius 2 is 1.85 bits per heavy atom. The molecule has 0 aliphatic carbocycles. The zero-order chi connectivity index (χ0) is 24.2. The molecule has 34 heavy (non-hydrogen) atoms. The van der Waals surface area contributed by atoms with Crippen LogP contribution in [-0.2, 0) is 16.1 Å². The van der Waals surface area contributed by atoms with Gasteiger partial charge in [-0.1, -0.05) is 17.7 Å². The maximum Gasteiger partial charge on any atom is 0.283 e. The first kappa shape index (κ1) is 22.9. The number of anilines is 2.